The van der Waals surface area contributed by atoms with Gasteiger partial charge < -0.3 is 9.73 Å². The van der Waals surface area contributed by atoms with E-state index in [1.807, 2.05) is 43.5 Å². The standard InChI is InChI=1S/C15H16N4O/c1-11-4-6-14(20-11)12(2)18-13-5-7-15(16-10-13)19-9-3-8-17-19/h3-10,12,18H,1-2H3. The summed E-state index contributed by atoms with van der Waals surface area (Å²) in [5, 5.41) is 7.50. The first kappa shape index (κ1) is 12.5. The van der Waals surface area contributed by atoms with Gasteiger partial charge in [0.2, 0.25) is 0 Å². The van der Waals surface area contributed by atoms with Crippen molar-refractivity contribution in [3.05, 3.63) is 60.4 Å². The van der Waals surface area contributed by atoms with Gasteiger partial charge in [0.15, 0.2) is 5.82 Å². The van der Waals surface area contributed by atoms with Crippen molar-refractivity contribution in [2.24, 2.45) is 0 Å². The fraction of sp³-hybridized carbons (Fsp3) is 0.200. The van der Waals surface area contributed by atoms with Gasteiger partial charge in [-0.2, -0.15) is 5.10 Å². The number of furan rings is 1. The molecule has 1 N–H and O–H groups in total. The lowest BCUT2D eigenvalue weighted by Gasteiger charge is -2.13. The van der Waals surface area contributed by atoms with E-state index in [2.05, 4.69) is 22.3 Å². The minimum Gasteiger partial charge on any atom is -0.464 e. The zero-order chi connectivity index (χ0) is 13.9. The summed E-state index contributed by atoms with van der Waals surface area (Å²) >= 11 is 0. The number of nitrogens with one attached hydrogen (secondary N) is 1. The Morgan fingerprint density at radius 2 is 2.15 bits per heavy atom. The zero-order valence-electron chi connectivity index (χ0n) is 11.4. The lowest BCUT2D eigenvalue weighted by molar-refractivity contribution is 0.467. The number of hydrogen-bond acceptors (Lipinski definition) is 4. The molecule has 0 saturated carbocycles. The van der Waals surface area contributed by atoms with E-state index in [1.165, 1.54) is 0 Å². The molecule has 3 rings (SSSR count). The van der Waals surface area contributed by atoms with E-state index in [-0.39, 0.29) is 6.04 Å². The van der Waals surface area contributed by atoms with Crippen LogP contribution < -0.4 is 5.32 Å². The number of pyridine rings is 1. The average Bonchev–Trinajstić information content (AvgIpc) is 3.10. The van der Waals surface area contributed by atoms with Gasteiger partial charge in [0, 0.05) is 12.4 Å². The second-order valence-electron chi connectivity index (χ2n) is 4.67. The number of aromatic nitrogens is 3. The van der Waals surface area contributed by atoms with Crippen molar-refractivity contribution in [1.29, 1.82) is 0 Å². The number of nitrogens with zero attached hydrogens (tertiary/aromatic N) is 3. The smallest absolute Gasteiger partial charge is 0.153 e. The summed E-state index contributed by atoms with van der Waals surface area (Å²) in [4.78, 5) is 4.38. The fourth-order valence-electron chi connectivity index (χ4n) is 2.02. The van der Waals surface area contributed by atoms with Crippen LogP contribution >= 0.6 is 0 Å². The lowest BCUT2D eigenvalue weighted by atomic mass is 10.2. The van der Waals surface area contributed by atoms with Crippen LogP contribution in [0, 0.1) is 6.92 Å². The molecule has 0 aliphatic rings. The Kier molecular flexibility index (Phi) is 3.25. The Morgan fingerprint density at radius 1 is 1.25 bits per heavy atom. The van der Waals surface area contributed by atoms with Crippen LogP contribution in [0.5, 0.6) is 0 Å². The van der Waals surface area contributed by atoms with E-state index in [0.717, 1.165) is 23.0 Å². The van der Waals surface area contributed by atoms with Crippen LogP contribution in [0.2, 0.25) is 0 Å². The van der Waals surface area contributed by atoms with Crippen LogP contribution in [-0.4, -0.2) is 14.8 Å². The van der Waals surface area contributed by atoms with E-state index < -0.39 is 0 Å². The van der Waals surface area contributed by atoms with E-state index in [1.54, 1.807) is 17.1 Å². The van der Waals surface area contributed by atoms with Crippen LogP contribution in [0.3, 0.4) is 0 Å². The van der Waals surface area contributed by atoms with Crippen molar-refractivity contribution in [3.8, 4) is 5.82 Å². The van der Waals surface area contributed by atoms with Crippen molar-refractivity contribution < 1.29 is 4.42 Å². The second-order valence-corrected chi connectivity index (χ2v) is 4.67. The molecule has 0 aliphatic carbocycles. The SMILES string of the molecule is Cc1ccc(C(C)Nc2ccc(-n3cccn3)nc2)o1. The number of hydrogen-bond donors (Lipinski definition) is 1. The largest absolute Gasteiger partial charge is 0.464 e. The van der Waals surface area contributed by atoms with Gasteiger partial charge >= 0.3 is 0 Å². The van der Waals surface area contributed by atoms with Gasteiger partial charge in [0.1, 0.15) is 11.5 Å². The highest BCUT2D eigenvalue weighted by Crippen LogP contribution is 2.21. The van der Waals surface area contributed by atoms with E-state index in [4.69, 9.17) is 4.42 Å². The molecule has 0 spiro atoms. The maximum Gasteiger partial charge on any atom is 0.153 e. The van der Waals surface area contributed by atoms with E-state index in [9.17, 15) is 0 Å². The number of anilines is 1. The van der Waals surface area contributed by atoms with Crippen LogP contribution in [0.15, 0.2) is 53.3 Å². The monoisotopic (exact) mass is 268 g/mol. The highest BCUT2D eigenvalue weighted by molar-refractivity contribution is 5.45. The molecule has 3 aromatic rings. The van der Waals surface area contributed by atoms with Crippen molar-refractivity contribution in [3.63, 3.8) is 0 Å². The molecule has 0 aromatic carbocycles. The first-order chi connectivity index (χ1) is 9.72. The van der Waals surface area contributed by atoms with Crippen LogP contribution in [0.1, 0.15) is 24.5 Å². The topological polar surface area (TPSA) is 55.9 Å². The summed E-state index contributed by atoms with van der Waals surface area (Å²) in [5.74, 6) is 2.63. The van der Waals surface area contributed by atoms with Crippen molar-refractivity contribution in [2.75, 3.05) is 5.32 Å². The first-order valence-electron chi connectivity index (χ1n) is 6.51. The maximum atomic E-state index is 5.60. The minimum absolute atomic E-state index is 0.0982. The molecule has 5 heteroatoms. The summed E-state index contributed by atoms with van der Waals surface area (Å²) in [6.45, 7) is 4.00. The molecule has 5 nitrogen and oxygen atoms in total. The third-order valence-corrected chi connectivity index (χ3v) is 3.06. The average molecular weight is 268 g/mol. The Bertz CT molecular complexity index is 670. The van der Waals surface area contributed by atoms with Crippen molar-refractivity contribution >= 4 is 5.69 Å². The predicted molar refractivity (Wildman–Crippen MR) is 76.8 cm³/mol. The summed E-state index contributed by atoms with van der Waals surface area (Å²) in [5.41, 5.74) is 0.947. The normalized spacial score (nSPS) is 12.3. The maximum absolute atomic E-state index is 5.60. The van der Waals surface area contributed by atoms with Crippen molar-refractivity contribution in [1.82, 2.24) is 14.8 Å². The van der Waals surface area contributed by atoms with Gasteiger partial charge in [0.25, 0.3) is 0 Å². The summed E-state index contributed by atoms with van der Waals surface area (Å²) in [6.07, 6.45) is 5.39. The third-order valence-electron chi connectivity index (χ3n) is 3.06. The molecule has 20 heavy (non-hydrogen) atoms. The van der Waals surface area contributed by atoms with Gasteiger partial charge in [-0.1, -0.05) is 0 Å². The molecule has 3 heterocycles. The third kappa shape index (κ3) is 2.56. The molecule has 0 fully saturated rings. The molecule has 0 radical (unpaired) electrons. The van der Waals surface area contributed by atoms with Gasteiger partial charge in [0.05, 0.1) is 17.9 Å². The molecule has 1 unspecified atom stereocenters. The minimum atomic E-state index is 0.0982. The van der Waals surface area contributed by atoms with Gasteiger partial charge in [-0.3, -0.25) is 0 Å². The Hall–Kier alpha value is -2.56. The first-order valence-corrected chi connectivity index (χ1v) is 6.51. The Morgan fingerprint density at radius 3 is 2.75 bits per heavy atom. The Labute approximate surface area is 117 Å². The molecule has 102 valence electrons. The van der Waals surface area contributed by atoms with Crippen LogP contribution in [0.25, 0.3) is 5.82 Å². The molecule has 0 amide bonds. The van der Waals surface area contributed by atoms with E-state index >= 15 is 0 Å². The van der Waals surface area contributed by atoms with Crippen LogP contribution in [-0.2, 0) is 0 Å². The lowest BCUT2D eigenvalue weighted by Crippen LogP contribution is -2.06. The molecule has 3 aromatic heterocycles. The fourth-order valence-corrected chi connectivity index (χ4v) is 2.02. The summed E-state index contributed by atoms with van der Waals surface area (Å²) < 4.78 is 7.33. The molecular formula is C15H16N4O. The Balaban J connectivity index is 1.72. The molecular weight excluding hydrogens is 252 g/mol. The number of rotatable bonds is 4. The molecule has 1 atom stereocenters. The highest BCUT2D eigenvalue weighted by atomic mass is 16.3. The summed E-state index contributed by atoms with van der Waals surface area (Å²) in [6, 6.07) is 9.83. The second kappa shape index (κ2) is 5.21. The van der Waals surface area contributed by atoms with E-state index in [0.29, 0.717) is 0 Å². The highest BCUT2D eigenvalue weighted by Gasteiger charge is 2.09. The molecule has 0 bridgehead atoms. The molecule has 0 saturated heterocycles. The summed E-state index contributed by atoms with van der Waals surface area (Å²) in [7, 11) is 0. The quantitative estimate of drug-likeness (QED) is 0.788. The number of aryl methyl sites for hydroxylation is 1. The van der Waals surface area contributed by atoms with Gasteiger partial charge in [-0.05, 0) is 44.2 Å². The van der Waals surface area contributed by atoms with Gasteiger partial charge in [-0.15, -0.1) is 0 Å². The van der Waals surface area contributed by atoms with Crippen molar-refractivity contribution in [2.45, 2.75) is 19.9 Å². The predicted octanol–water partition coefficient (Wildman–Crippen LogP) is 3.34. The van der Waals surface area contributed by atoms with Crippen LogP contribution in [0.4, 0.5) is 5.69 Å². The van der Waals surface area contributed by atoms with Gasteiger partial charge in [-0.25, -0.2) is 9.67 Å². The molecule has 0 aliphatic heterocycles. The zero-order valence-corrected chi connectivity index (χ0v) is 11.4.